The quantitative estimate of drug-likeness (QED) is 0.456. The number of ether oxygens (including phenoxy) is 1. The first kappa shape index (κ1) is 13.2. The van der Waals surface area contributed by atoms with Gasteiger partial charge < -0.3 is 10.5 Å². The molecular formula is C12H17N3O2. The van der Waals surface area contributed by atoms with Gasteiger partial charge in [-0.25, -0.2) is 5.43 Å². The second-order valence-electron chi connectivity index (χ2n) is 3.49. The van der Waals surface area contributed by atoms with Gasteiger partial charge in [-0.2, -0.15) is 5.10 Å². The molecule has 1 aromatic carbocycles. The number of nitrogen functional groups attached to an aromatic ring is 1. The molecule has 0 radical (unpaired) electrons. The van der Waals surface area contributed by atoms with E-state index in [4.69, 9.17) is 10.5 Å². The highest BCUT2D eigenvalue weighted by Crippen LogP contribution is 2.07. The molecular weight excluding hydrogens is 218 g/mol. The monoisotopic (exact) mass is 235 g/mol. The fourth-order valence-corrected chi connectivity index (χ4v) is 1.20. The maximum atomic E-state index is 11.2. The fraction of sp³-hybridized carbons (Fsp3) is 0.333. The number of carbonyl (C=O) groups excluding carboxylic acids is 1. The minimum absolute atomic E-state index is 0.0181. The summed E-state index contributed by atoms with van der Waals surface area (Å²) in [6.45, 7) is 4.15. The third kappa shape index (κ3) is 4.65. The molecule has 0 saturated carbocycles. The van der Waals surface area contributed by atoms with Crippen molar-refractivity contribution in [2.75, 3.05) is 18.9 Å². The normalized spacial score (nSPS) is 11.3. The number of nitrogens with one attached hydrogen (secondary N) is 1. The molecule has 0 bridgehead atoms. The van der Waals surface area contributed by atoms with E-state index in [0.29, 0.717) is 18.0 Å². The number of amides is 1. The molecule has 0 fully saturated rings. The Morgan fingerprint density at radius 2 is 2.29 bits per heavy atom. The van der Waals surface area contributed by atoms with Crippen molar-refractivity contribution in [1.29, 1.82) is 0 Å². The standard InChI is InChI=1S/C12H17N3O2/c1-3-17-8-12(16)15-14-9(2)10-5-4-6-11(13)7-10/h4-7H,3,8,13H2,1-2H3,(H,15,16)/b14-9+. The van der Waals surface area contributed by atoms with E-state index in [1.54, 1.807) is 19.1 Å². The molecule has 3 N–H and O–H groups in total. The molecule has 1 rings (SSSR count). The van der Waals surface area contributed by atoms with Gasteiger partial charge >= 0.3 is 0 Å². The fourth-order valence-electron chi connectivity index (χ4n) is 1.20. The molecule has 5 nitrogen and oxygen atoms in total. The van der Waals surface area contributed by atoms with Crippen LogP contribution in [0.1, 0.15) is 19.4 Å². The van der Waals surface area contributed by atoms with Crippen molar-refractivity contribution in [3.05, 3.63) is 29.8 Å². The molecule has 0 aromatic heterocycles. The van der Waals surface area contributed by atoms with E-state index in [2.05, 4.69) is 10.5 Å². The van der Waals surface area contributed by atoms with Crippen molar-refractivity contribution in [2.24, 2.45) is 5.10 Å². The number of hydrogen-bond acceptors (Lipinski definition) is 4. The van der Waals surface area contributed by atoms with Gasteiger partial charge in [0.1, 0.15) is 6.61 Å². The number of hydrogen-bond donors (Lipinski definition) is 2. The highest BCUT2D eigenvalue weighted by Gasteiger charge is 2.01. The summed E-state index contributed by atoms with van der Waals surface area (Å²) in [6.07, 6.45) is 0. The number of rotatable bonds is 5. The van der Waals surface area contributed by atoms with Gasteiger partial charge in [-0.3, -0.25) is 4.79 Å². The topological polar surface area (TPSA) is 76.7 Å². The summed E-state index contributed by atoms with van der Waals surface area (Å²) in [6, 6.07) is 7.31. The largest absolute Gasteiger partial charge is 0.399 e. The molecule has 0 aliphatic carbocycles. The lowest BCUT2D eigenvalue weighted by atomic mass is 10.1. The number of anilines is 1. The van der Waals surface area contributed by atoms with Gasteiger partial charge in [0.2, 0.25) is 0 Å². The highest BCUT2D eigenvalue weighted by molar-refractivity contribution is 5.99. The van der Waals surface area contributed by atoms with Gasteiger partial charge in [-0.05, 0) is 31.5 Å². The van der Waals surface area contributed by atoms with Crippen molar-refractivity contribution in [1.82, 2.24) is 5.43 Å². The maximum Gasteiger partial charge on any atom is 0.266 e. The molecule has 0 unspecified atom stereocenters. The second kappa shape index (κ2) is 6.65. The molecule has 1 amide bonds. The summed E-state index contributed by atoms with van der Waals surface area (Å²) in [4.78, 5) is 11.2. The number of nitrogens with zero attached hydrogens (tertiary/aromatic N) is 1. The van der Waals surface area contributed by atoms with E-state index in [1.165, 1.54) is 0 Å². The molecule has 17 heavy (non-hydrogen) atoms. The molecule has 0 aliphatic heterocycles. The van der Waals surface area contributed by atoms with Crippen LogP contribution in [-0.4, -0.2) is 24.8 Å². The summed E-state index contributed by atoms with van der Waals surface area (Å²) >= 11 is 0. The van der Waals surface area contributed by atoms with E-state index in [-0.39, 0.29) is 12.5 Å². The SMILES string of the molecule is CCOCC(=O)N/N=C(\C)c1cccc(N)c1. The molecule has 0 atom stereocenters. The average Bonchev–Trinajstić information content (AvgIpc) is 2.33. The number of hydrazone groups is 1. The minimum Gasteiger partial charge on any atom is -0.399 e. The predicted octanol–water partition coefficient (Wildman–Crippen LogP) is 1.15. The second-order valence-corrected chi connectivity index (χ2v) is 3.49. The maximum absolute atomic E-state index is 11.2. The van der Waals surface area contributed by atoms with Crippen molar-refractivity contribution in [3.8, 4) is 0 Å². The Morgan fingerprint density at radius 3 is 2.94 bits per heavy atom. The van der Waals surface area contributed by atoms with E-state index in [9.17, 15) is 4.79 Å². The zero-order valence-corrected chi connectivity index (χ0v) is 10.1. The Morgan fingerprint density at radius 1 is 1.53 bits per heavy atom. The van der Waals surface area contributed by atoms with Crippen LogP contribution >= 0.6 is 0 Å². The smallest absolute Gasteiger partial charge is 0.266 e. The lowest BCUT2D eigenvalue weighted by Gasteiger charge is -2.03. The van der Waals surface area contributed by atoms with Gasteiger partial charge in [0.25, 0.3) is 5.91 Å². The van der Waals surface area contributed by atoms with Crippen LogP contribution in [-0.2, 0) is 9.53 Å². The van der Waals surface area contributed by atoms with E-state index in [0.717, 1.165) is 5.56 Å². The lowest BCUT2D eigenvalue weighted by molar-refractivity contribution is -0.125. The zero-order chi connectivity index (χ0) is 12.7. The van der Waals surface area contributed by atoms with E-state index < -0.39 is 0 Å². The third-order valence-electron chi connectivity index (χ3n) is 2.09. The first-order chi connectivity index (χ1) is 8.13. The van der Waals surface area contributed by atoms with Gasteiger partial charge in [-0.15, -0.1) is 0 Å². The predicted molar refractivity (Wildman–Crippen MR) is 67.7 cm³/mol. The number of carbonyl (C=O) groups is 1. The summed E-state index contributed by atoms with van der Waals surface area (Å²) in [5.41, 5.74) is 10.3. The van der Waals surface area contributed by atoms with E-state index in [1.807, 2.05) is 19.1 Å². The summed E-state index contributed by atoms with van der Waals surface area (Å²) in [5, 5.41) is 3.97. The Kier molecular flexibility index (Phi) is 5.16. The zero-order valence-electron chi connectivity index (χ0n) is 10.1. The summed E-state index contributed by atoms with van der Waals surface area (Å²) < 4.78 is 4.95. The molecule has 0 heterocycles. The Balaban J connectivity index is 2.57. The van der Waals surface area contributed by atoms with Crippen LogP contribution < -0.4 is 11.2 Å². The molecule has 0 saturated heterocycles. The van der Waals surface area contributed by atoms with Gasteiger partial charge in [0, 0.05) is 12.3 Å². The third-order valence-corrected chi connectivity index (χ3v) is 2.09. The van der Waals surface area contributed by atoms with Crippen molar-refractivity contribution in [3.63, 3.8) is 0 Å². The molecule has 1 aromatic rings. The van der Waals surface area contributed by atoms with Crippen molar-refractivity contribution >= 4 is 17.3 Å². The lowest BCUT2D eigenvalue weighted by Crippen LogP contribution is -2.24. The molecule has 5 heteroatoms. The van der Waals surface area contributed by atoms with Crippen LogP contribution in [0.2, 0.25) is 0 Å². The Hall–Kier alpha value is -1.88. The van der Waals surface area contributed by atoms with Gasteiger partial charge in [0.15, 0.2) is 0 Å². The first-order valence-corrected chi connectivity index (χ1v) is 5.40. The number of nitrogens with two attached hydrogens (primary N) is 1. The average molecular weight is 235 g/mol. The number of benzene rings is 1. The van der Waals surface area contributed by atoms with Crippen LogP contribution in [0, 0.1) is 0 Å². The summed E-state index contributed by atoms with van der Waals surface area (Å²) in [7, 11) is 0. The Bertz CT molecular complexity index is 416. The van der Waals surface area contributed by atoms with Gasteiger partial charge in [-0.1, -0.05) is 12.1 Å². The van der Waals surface area contributed by atoms with Gasteiger partial charge in [0.05, 0.1) is 5.71 Å². The van der Waals surface area contributed by atoms with Crippen LogP contribution in [0.25, 0.3) is 0 Å². The molecule has 0 spiro atoms. The van der Waals surface area contributed by atoms with Crippen LogP contribution in [0.15, 0.2) is 29.4 Å². The van der Waals surface area contributed by atoms with Crippen molar-refractivity contribution < 1.29 is 9.53 Å². The van der Waals surface area contributed by atoms with E-state index >= 15 is 0 Å². The highest BCUT2D eigenvalue weighted by atomic mass is 16.5. The van der Waals surface area contributed by atoms with Crippen LogP contribution in [0.4, 0.5) is 5.69 Å². The summed E-state index contributed by atoms with van der Waals surface area (Å²) in [5.74, 6) is -0.268. The Labute approximate surface area is 101 Å². The van der Waals surface area contributed by atoms with Crippen molar-refractivity contribution in [2.45, 2.75) is 13.8 Å². The first-order valence-electron chi connectivity index (χ1n) is 5.40. The molecule has 92 valence electrons. The van der Waals surface area contributed by atoms with Crippen LogP contribution in [0.5, 0.6) is 0 Å². The molecule has 0 aliphatic rings. The van der Waals surface area contributed by atoms with Crippen LogP contribution in [0.3, 0.4) is 0 Å². The minimum atomic E-state index is -0.268.